The monoisotopic (exact) mass is 409 g/mol. The van der Waals surface area contributed by atoms with Crippen LogP contribution in [-0.4, -0.2) is 23.1 Å². The fraction of sp³-hybridized carbons (Fsp3) is 0.435. The van der Waals surface area contributed by atoms with E-state index >= 15 is 0 Å². The molecule has 0 saturated heterocycles. The Balaban J connectivity index is 1.94. The second-order valence-electron chi connectivity index (χ2n) is 9.43. The molecule has 6 heteroatoms. The highest BCUT2D eigenvalue weighted by Crippen LogP contribution is 2.52. The van der Waals surface area contributed by atoms with Crippen LogP contribution in [0.15, 0.2) is 33.7 Å². The fourth-order valence-electron chi connectivity index (χ4n) is 4.81. The molecule has 0 saturated carbocycles. The van der Waals surface area contributed by atoms with Gasteiger partial charge in [0.15, 0.2) is 5.82 Å². The second kappa shape index (κ2) is 6.05. The first-order valence-electron chi connectivity index (χ1n) is 10.1. The van der Waals surface area contributed by atoms with Gasteiger partial charge in [-0.2, -0.15) is 0 Å². The van der Waals surface area contributed by atoms with Gasteiger partial charge in [-0.15, -0.1) is 0 Å². The molecule has 5 nitrogen and oxygen atoms in total. The maximum absolute atomic E-state index is 13.0. The SMILES string of the molecule is CC1(C)CCN2CCC(C)(C)c3c2c1cc1c(Cl)c(-c2ncccn2)c(=O)oc31. The van der Waals surface area contributed by atoms with Crippen LogP contribution >= 0.6 is 11.6 Å². The molecule has 29 heavy (non-hydrogen) atoms. The van der Waals surface area contributed by atoms with Crippen molar-refractivity contribution in [3.63, 3.8) is 0 Å². The molecule has 0 N–H and O–H groups in total. The summed E-state index contributed by atoms with van der Waals surface area (Å²) in [6, 6.07) is 3.83. The van der Waals surface area contributed by atoms with Crippen LogP contribution in [0.4, 0.5) is 5.69 Å². The van der Waals surface area contributed by atoms with Gasteiger partial charge in [-0.1, -0.05) is 39.3 Å². The van der Waals surface area contributed by atoms with E-state index in [1.54, 1.807) is 18.5 Å². The largest absolute Gasteiger partial charge is 0.422 e. The maximum Gasteiger partial charge on any atom is 0.348 e. The van der Waals surface area contributed by atoms with Gasteiger partial charge in [-0.05, 0) is 41.4 Å². The molecule has 5 rings (SSSR count). The van der Waals surface area contributed by atoms with Gasteiger partial charge < -0.3 is 9.32 Å². The molecule has 150 valence electrons. The summed E-state index contributed by atoms with van der Waals surface area (Å²) in [5.74, 6) is 0.291. The molecule has 0 spiro atoms. The zero-order chi connectivity index (χ0) is 20.6. The number of hydrogen-bond donors (Lipinski definition) is 0. The van der Waals surface area contributed by atoms with Gasteiger partial charge in [0, 0.05) is 42.1 Å². The van der Waals surface area contributed by atoms with Gasteiger partial charge in [-0.25, -0.2) is 14.8 Å². The molecule has 0 radical (unpaired) electrons. The molecule has 0 bridgehead atoms. The summed E-state index contributed by atoms with van der Waals surface area (Å²) in [6.07, 6.45) is 5.28. The average molecular weight is 410 g/mol. The molecule has 4 heterocycles. The van der Waals surface area contributed by atoms with Crippen molar-refractivity contribution in [2.24, 2.45) is 0 Å². The van der Waals surface area contributed by atoms with Crippen LogP contribution in [-0.2, 0) is 10.8 Å². The Morgan fingerprint density at radius 3 is 2.41 bits per heavy atom. The van der Waals surface area contributed by atoms with E-state index in [0.717, 1.165) is 36.9 Å². The Kier molecular flexibility index (Phi) is 3.88. The summed E-state index contributed by atoms with van der Waals surface area (Å²) in [6.45, 7) is 11.0. The minimum Gasteiger partial charge on any atom is -0.422 e. The van der Waals surface area contributed by atoms with Crippen LogP contribution in [0, 0.1) is 0 Å². The number of benzene rings is 1. The Morgan fingerprint density at radius 2 is 1.72 bits per heavy atom. The summed E-state index contributed by atoms with van der Waals surface area (Å²) in [7, 11) is 0. The van der Waals surface area contributed by atoms with Gasteiger partial charge >= 0.3 is 5.63 Å². The highest BCUT2D eigenvalue weighted by atomic mass is 35.5. The lowest BCUT2D eigenvalue weighted by molar-refractivity contribution is 0.398. The van der Waals surface area contributed by atoms with Crippen molar-refractivity contribution in [3.05, 3.63) is 51.1 Å². The number of hydrogen-bond acceptors (Lipinski definition) is 5. The van der Waals surface area contributed by atoms with E-state index in [9.17, 15) is 4.79 Å². The fourth-order valence-corrected chi connectivity index (χ4v) is 5.11. The Labute approximate surface area is 174 Å². The third kappa shape index (κ3) is 2.63. The Hall–Kier alpha value is -2.40. The lowest BCUT2D eigenvalue weighted by Gasteiger charge is -2.48. The number of halogens is 1. The summed E-state index contributed by atoms with van der Waals surface area (Å²) in [5, 5.41) is 1.14. The van der Waals surface area contributed by atoms with Crippen molar-refractivity contribution >= 4 is 28.3 Å². The highest BCUT2D eigenvalue weighted by Gasteiger charge is 2.42. The number of aromatic nitrogens is 2. The molecule has 2 aliphatic heterocycles. The highest BCUT2D eigenvalue weighted by molar-refractivity contribution is 6.38. The number of nitrogens with zero attached hydrogens (tertiary/aromatic N) is 3. The molecular weight excluding hydrogens is 386 g/mol. The lowest BCUT2D eigenvalue weighted by atomic mass is 9.69. The van der Waals surface area contributed by atoms with Crippen molar-refractivity contribution in [1.82, 2.24) is 9.97 Å². The van der Waals surface area contributed by atoms with Crippen LogP contribution in [0.5, 0.6) is 0 Å². The van der Waals surface area contributed by atoms with E-state index in [0.29, 0.717) is 16.4 Å². The molecule has 0 atom stereocenters. The maximum atomic E-state index is 13.0. The first kappa shape index (κ1) is 18.6. The normalized spacial score (nSPS) is 19.3. The van der Waals surface area contributed by atoms with E-state index in [-0.39, 0.29) is 16.4 Å². The predicted octanol–water partition coefficient (Wildman–Crippen LogP) is 5.07. The van der Waals surface area contributed by atoms with Gasteiger partial charge in [0.2, 0.25) is 0 Å². The van der Waals surface area contributed by atoms with Crippen LogP contribution in [0.25, 0.3) is 22.4 Å². The van der Waals surface area contributed by atoms with Crippen LogP contribution in [0.2, 0.25) is 5.02 Å². The molecular formula is C23H24ClN3O2. The van der Waals surface area contributed by atoms with E-state index in [2.05, 4.69) is 48.6 Å². The average Bonchev–Trinajstić information content (AvgIpc) is 2.66. The Bertz CT molecular complexity index is 1200. The standard InChI is InChI=1S/C23H24ClN3O2/c1-22(2)6-10-27-11-7-23(3,4)16-18(27)14(22)12-13-17(24)15(21(28)29-19(13)16)20-25-8-5-9-26-20/h5,8-9,12H,6-7,10-11H2,1-4H3. The molecule has 0 unspecified atom stereocenters. The number of anilines is 1. The van der Waals surface area contributed by atoms with Crippen LogP contribution < -0.4 is 10.5 Å². The van der Waals surface area contributed by atoms with Crippen molar-refractivity contribution in [1.29, 1.82) is 0 Å². The number of rotatable bonds is 1. The van der Waals surface area contributed by atoms with E-state index in [4.69, 9.17) is 16.0 Å². The van der Waals surface area contributed by atoms with Crippen molar-refractivity contribution in [2.45, 2.75) is 51.4 Å². The third-order valence-corrected chi connectivity index (χ3v) is 7.02. The molecule has 2 aromatic heterocycles. The molecule has 0 aliphatic carbocycles. The first-order valence-corrected chi connectivity index (χ1v) is 10.5. The molecule has 1 aromatic carbocycles. The topological polar surface area (TPSA) is 59.2 Å². The van der Waals surface area contributed by atoms with Gasteiger partial charge in [0.1, 0.15) is 11.1 Å². The zero-order valence-corrected chi connectivity index (χ0v) is 17.9. The predicted molar refractivity (Wildman–Crippen MR) is 116 cm³/mol. The first-order chi connectivity index (χ1) is 13.7. The molecule has 0 fully saturated rings. The van der Waals surface area contributed by atoms with Crippen molar-refractivity contribution in [3.8, 4) is 11.4 Å². The molecule has 3 aromatic rings. The minimum atomic E-state index is -0.493. The summed E-state index contributed by atoms with van der Waals surface area (Å²) >= 11 is 6.84. The van der Waals surface area contributed by atoms with E-state index in [1.807, 2.05) is 0 Å². The van der Waals surface area contributed by atoms with Gasteiger partial charge in [-0.3, -0.25) is 0 Å². The van der Waals surface area contributed by atoms with Crippen LogP contribution in [0.3, 0.4) is 0 Å². The molecule has 2 aliphatic rings. The Morgan fingerprint density at radius 1 is 1.07 bits per heavy atom. The smallest absolute Gasteiger partial charge is 0.348 e. The molecule has 0 amide bonds. The third-order valence-electron chi connectivity index (χ3n) is 6.63. The van der Waals surface area contributed by atoms with Gasteiger partial charge in [0.25, 0.3) is 0 Å². The summed E-state index contributed by atoms with van der Waals surface area (Å²) in [5.41, 5.74) is 3.85. The van der Waals surface area contributed by atoms with E-state index < -0.39 is 5.63 Å². The van der Waals surface area contributed by atoms with Crippen molar-refractivity contribution in [2.75, 3.05) is 18.0 Å². The van der Waals surface area contributed by atoms with Crippen molar-refractivity contribution < 1.29 is 4.42 Å². The van der Waals surface area contributed by atoms with Gasteiger partial charge in [0.05, 0.1) is 5.02 Å². The quantitative estimate of drug-likeness (QED) is 0.525. The minimum absolute atomic E-state index is 0.0189. The second-order valence-corrected chi connectivity index (χ2v) is 9.81. The summed E-state index contributed by atoms with van der Waals surface area (Å²) in [4.78, 5) is 23.9. The number of fused-ring (bicyclic) bond motifs is 2. The summed E-state index contributed by atoms with van der Waals surface area (Å²) < 4.78 is 5.96. The lowest BCUT2D eigenvalue weighted by Crippen LogP contribution is -2.44. The van der Waals surface area contributed by atoms with E-state index in [1.165, 1.54) is 11.3 Å². The van der Waals surface area contributed by atoms with Crippen LogP contribution in [0.1, 0.15) is 51.7 Å². The zero-order valence-electron chi connectivity index (χ0n) is 17.2.